The van der Waals surface area contributed by atoms with Crippen molar-refractivity contribution in [2.75, 3.05) is 0 Å². The summed E-state index contributed by atoms with van der Waals surface area (Å²) in [5.41, 5.74) is 0. The van der Waals surface area contributed by atoms with Gasteiger partial charge in [0.1, 0.15) is 6.10 Å². The van der Waals surface area contributed by atoms with Crippen LogP contribution in [0.2, 0.25) is 0 Å². The summed E-state index contributed by atoms with van der Waals surface area (Å²) in [4.78, 5) is 0. The Labute approximate surface area is 96.8 Å². The summed E-state index contributed by atoms with van der Waals surface area (Å²) in [7, 11) is 0. The zero-order valence-electron chi connectivity index (χ0n) is 8.34. The number of ether oxygens (including phenoxy) is 1. The fourth-order valence-corrected chi connectivity index (χ4v) is 1.45. The summed E-state index contributed by atoms with van der Waals surface area (Å²) < 4.78 is 19.4. The van der Waals surface area contributed by atoms with Gasteiger partial charge in [-0.05, 0) is 24.6 Å². The first-order valence-corrected chi connectivity index (χ1v) is 5.45. The van der Waals surface area contributed by atoms with Crippen LogP contribution in [0.3, 0.4) is 0 Å². The Balaban J connectivity index is 2.75. The molecule has 0 radical (unpaired) electrons. The molecule has 0 spiro atoms. The number of benzene rings is 1. The molecule has 0 fully saturated rings. The number of nitrogens with zero attached hydrogens (tertiary/aromatic N) is 1. The topological polar surface area (TPSA) is 33.0 Å². The van der Waals surface area contributed by atoms with E-state index in [0.29, 0.717) is 10.9 Å². The Kier molecular flexibility index (Phi) is 4.57. The lowest BCUT2D eigenvalue weighted by molar-refractivity contribution is 0.193. The van der Waals surface area contributed by atoms with Crippen LogP contribution in [0.4, 0.5) is 4.39 Å². The summed E-state index contributed by atoms with van der Waals surface area (Å²) in [6.07, 6.45) is 0.709. The highest BCUT2D eigenvalue weighted by Gasteiger charge is 2.11. The summed E-state index contributed by atoms with van der Waals surface area (Å²) in [5, 5.41) is 8.53. The van der Waals surface area contributed by atoms with Gasteiger partial charge in [-0.3, -0.25) is 0 Å². The molecular weight excluding hydrogens is 261 g/mol. The molecule has 1 atom stereocenters. The van der Waals surface area contributed by atoms with E-state index in [1.807, 2.05) is 13.0 Å². The van der Waals surface area contributed by atoms with Gasteiger partial charge in [-0.2, -0.15) is 5.26 Å². The zero-order chi connectivity index (χ0) is 11.3. The van der Waals surface area contributed by atoms with Gasteiger partial charge < -0.3 is 4.74 Å². The van der Waals surface area contributed by atoms with Gasteiger partial charge in [0.15, 0.2) is 11.6 Å². The fourth-order valence-electron chi connectivity index (χ4n) is 1.12. The van der Waals surface area contributed by atoms with E-state index in [1.165, 1.54) is 6.07 Å². The lowest BCUT2D eigenvalue weighted by atomic mass is 10.2. The standard InChI is InChI=1S/C11H11BrFNO/c1-2-9(5-6-14)15-11-4-3-8(12)7-10(11)13/h3-4,7,9H,2,5H2,1H3. The first-order chi connectivity index (χ1) is 7.17. The van der Waals surface area contributed by atoms with E-state index in [9.17, 15) is 4.39 Å². The number of nitriles is 1. The van der Waals surface area contributed by atoms with Gasteiger partial charge in [0, 0.05) is 4.47 Å². The van der Waals surface area contributed by atoms with E-state index in [4.69, 9.17) is 10.00 Å². The average Bonchev–Trinajstić information content (AvgIpc) is 2.21. The Morgan fingerprint density at radius 3 is 2.87 bits per heavy atom. The number of hydrogen-bond acceptors (Lipinski definition) is 2. The second-order valence-electron chi connectivity index (χ2n) is 3.09. The molecule has 15 heavy (non-hydrogen) atoms. The molecule has 0 aliphatic rings. The van der Waals surface area contributed by atoms with E-state index < -0.39 is 5.82 Å². The van der Waals surface area contributed by atoms with Crippen LogP contribution in [-0.2, 0) is 0 Å². The van der Waals surface area contributed by atoms with Gasteiger partial charge in [-0.1, -0.05) is 22.9 Å². The van der Waals surface area contributed by atoms with E-state index >= 15 is 0 Å². The van der Waals surface area contributed by atoms with Crippen molar-refractivity contribution in [1.29, 1.82) is 5.26 Å². The second kappa shape index (κ2) is 5.72. The predicted octanol–water partition coefficient (Wildman–Crippen LogP) is 3.66. The van der Waals surface area contributed by atoms with Crippen LogP contribution < -0.4 is 4.74 Å². The maximum Gasteiger partial charge on any atom is 0.166 e. The molecule has 0 saturated heterocycles. The molecule has 1 aromatic rings. The van der Waals surface area contributed by atoms with Crippen molar-refractivity contribution in [3.63, 3.8) is 0 Å². The van der Waals surface area contributed by atoms with Crippen molar-refractivity contribution < 1.29 is 9.13 Å². The molecule has 1 aromatic carbocycles. The van der Waals surface area contributed by atoms with Crippen LogP contribution in [0.5, 0.6) is 5.75 Å². The van der Waals surface area contributed by atoms with Crippen molar-refractivity contribution in [3.8, 4) is 11.8 Å². The third-order valence-corrected chi connectivity index (χ3v) is 2.46. The van der Waals surface area contributed by atoms with Crippen LogP contribution in [0.1, 0.15) is 19.8 Å². The van der Waals surface area contributed by atoms with Crippen molar-refractivity contribution >= 4 is 15.9 Å². The third-order valence-electron chi connectivity index (χ3n) is 1.96. The highest BCUT2D eigenvalue weighted by molar-refractivity contribution is 9.10. The summed E-state index contributed by atoms with van der Waals surface area (Å²) in [6, 6.07) is 6.62. The smallest absolute Gasteiger partial charge is 0.166 e. The predicted molar refractivity (Wildman–Crippen MR) is 59.0 cm³/mol. The molecule has 1 rings (SSSR count). The van der Waals surface area contributed by atoms with E-state index in [2.05, 4.69) is 15.9 Å². The van der Waals surface area contributed by atoms with E-state index in [-0.39, 0.29) is 18.3 Å². The molecule has 0 bridgehead atoms. The monoisotopic (exact) mass is 271 g/mol. The first-order valence-electron chi connectivity index (χ1n) is 4.66. The maximum absolute atomic E-state index is 13.3. The van der Waals surface area contributed by atoms with E-state index in [1.54, 1.807) is 12.1 Å². The average molecular weight is 272 g/mol. The molecule has 2 nitrogen and oxygen atoms in total. The molecule has 0 aromatic heterocycles. The van der Waals surface area contributed by atoms with Crippen LogP contribution >= 0.6 is 15.9 Å². The molecular formula is C11H11BrFNO. The summed E-state index contributed by atoms with van der Waals surface area (Å²) >= 11 is 3.16. The number of rotatable bonds is 4. The minimum absolute atomic E-state index is 0.195. The second-order valence-corrected chi connectivity index (χ2v) is 4.00. The molecule has 0 saturated carbocycles. The van der Waals surface area contributed by atoms with Gasteiger partial charge in [0.05, 0.1) is 12.5 Å². The molecule has 0 N–H and O–H groups in total. The molecule has 1 unspecified atom stereocenters. The molecule has 80 valence electrons. The van der Waals surface area contributed by atoms with Crippen LogP contribution in [-0.4, -0.2) is 6.10 Å². The van der Waals surface area contributed by atoms with E-state index in [0.717, 1.165) is 0 Å². The zero-order valence-corrected chi connectivity index (χ0v) is 9.92. The Hall–Kier alpha value is -1.08. The largest absolute Gasteiger partial charge is 0.486 e. The number of halogens is 2. The molecule has 0 heterocycles. The first kappa shape index (κ1) is 12.0. The minimum atomic E-state index is -0.416. The molecule has 0 amide bonds. The highest BCUT2D eigenvalue weighted by Crippen LogP contribution is 2.23. The quantitative estimate of drug-likeness (QED) is 0.838. The van der Waals surface area contributed by atoms with Gasteiger partial charge in [-0.15, -0.1) is 0 Å². The molecule has 0 aliphatic heterocycles. The van der Waals surface area contributed by atoms with Crippen LogP contribution in [0.15, 0.2) is 22.7 Å². The summed E-state index contributed by atoms with van der Waals surface area (Å²) in [6.45, 7) is 1.90. The Bertz CT molecular complexity index is 375. The molecule has 0 aliphatic carbocycles. The normalized spacial score (nSPS) is 11.9. The number of hydrogen-bond donors (Lipinski definition) is 0. The van der Waals surface area contributed by atoms with Crippen molar-refractivity contribution in [2.45, 2.75) is 25.9 Å². The van der Waals surface area contributed by atoms with Crippen LogP contribution in [0, 0.1) is 17.1 Å². The lowest BCUT2D eigenvalue weighted by Crippen LogP contribution is -2.15. The SMILES string of the molecule is CCC(CC#N)Oc1ccc(Br)cc1F. The summed E-state index contributed by atoms with van der Waals surface area (Å²) in [5.74, 6) is -0.221. The fraction of sp³-hybridized carbons (Fsp3) is 0.364. The minimum Gasteiger partial charge on any atom is -0.486 e. The molecule has 4 heteroatoms. The Morgan fingerprint density at radius 2 is 2.33 bits per heavy atom. The third kappa shape index (κ3) is 3.52. The van der Waals surface area contributed by atoms with Crippen molar-refractivity contribution in [1.82, 2.24) is 0 Å². The van der Waals surface area contributed by atoms with Gasteiger partial charge in [0.2, 0.25) is 0 Å². The lowest BCUT2D eigenvalue weighted by Gasteiger charge is -2.14. The van der Waals surface area contributed by atoms with Crippen molar-refractivity contribution in [2.24, 2.45) is 0 Å². The Morgan fingerprint density at radius 1 is 1.60 bits per heavy atom. The highest BCUT2D eigenvalue weighted by atomic mass is 79.9. The van der Waals surface area contributed by atoms with Gasteiger partial charge in [-0.25, -0.2) is 4.39 Å². The maximum atomic E-state index is 13.3. The van der Waals surface area contributed by atoms with Crippen molar-refractivity contribution in [3.05, 3.63) is 28.5 Å². The van der Waals surface area contributed by atoms with Gasteiger partial charge in [0.25, 0.3) is 0 Å². The van der Waals surface area contributed by atoms with Crippen LogP contribution in [0.25, 0.3) is 0 Å². The van der Waals surface area contributed by atoms with Gasteiger partial charge >= 0.3 is 0 Å².